The molecule has 2 aromatic carbocycles. The summed E-state index contributed by atoms with van der Waals surface area (Å²) in [6, 6.07) is 11.7. The van der Waals surface area contributed by atoms with Crippen molar-refractivity contribution in [3.05, 3.63) is 42.2 Å². The van der Waals surface area contributed by atoms with E-state index in [2.05, 4.69) is 57.0 Å². The number of piperidine rings is 1. The first-order chi connectivity index (χ1) is 16.0. The van der Waals surface area contributed by atoms with Crippen LogP contribution in [0.5, 0.6) is 0 Å². The van der Waals surface area contributed by atoms with Crippen molar-refractivity contribution >= 4 is 27.6 Å². The number of aromatic amines is 2. The third kappa shape index (κ3) is 3.87. The fraction of sp³-hybridized carbons (Fsp3) is 0.440. The number of hydrogen-bond donors (Lipinski definition) is 2. The lowest BCUT2D eigenvalue weighted by Gasteiger charge is -2.44. The van der Waals surface area contributed by atoms with Crippen LogP contribution in [0.2, 0.25) is 0 Å². The van der Waals surface area contributed by atoms with Gasteiger partial charge in [-0.2, -0.15) is 5.10 Å². The third-order valence-corrected chi connectivity index (χ3v) is 7.01. The molecule has 0 aliphatic carbocycles. The number of halogens is 1. The van der Waals surface area contributed by atoms with Crippen LogP contribution in [-0.4, -0.2) is 69.5 Å². The standard InChI is InChI=1S/C25H29FN6O/c1-15-13-32(14-16(2)33-15)18-7-9-31(10-8-18)19-4-6-21-23(12-19)28-25(27-21)24-20-5-3-17(26)11-22(20)29-30-24/h3-6,11-12,15-16,18H,7-10,13-14H2,1-2H3,(H,27,28)(H,29,30)/t15-,16+. The normalized spacial score (nSPS) is 23.1. The van der Waals surface area contributed by atoms with Crippen molar-refractivity contribution in [2.75, 3.05) is 31.1 Å². The average molecular weight is 449 g/mol. The van der Waals surface area contributed by atoms with Gasteiger partial charge in [0.15, 0.2) is 5.82 Å². The maximum atomic E-state index is 13.5. The lowest BCUT2D eigenvalue weighted by atomic mass is 10.0. The fourth-order valence-electron chi connectivity index (χ4n) is 5.48. The summed E-state index contributed by atoms with van der Waals surface area (Å²) >= 11 is 0. The number of H-pyrrole nitrogens is 2. The Labute approximate surface area is 191 Å². The molecule has 2 atom stereocenters. The zero-order valence-electron chi connectivity index (χ0n) is 19.0. The van der Waals surface area contributed by atoms with Crippen LogP contribution in [-0.2, 0) is 4.74 Å². The summed E-state index contributed by atoms with van der Waals surface area (Å²) in [5, 5.41) is 8.12. The molecule has 0 amide bonds. The maximum Gasteiger partial charge on any atom is 0.159 e. The number of fused-ring (bicyclic) bond motifs is 2. The van der Waals surface area contributed by atoms with Crippen LogP contribution in [0.3, 0.4) is 0 Å². The molecular formula is C25H29FN6O. The van der Waals surface area contributed by atoms with E-state index in [4.69, 9.17) is 9.72 Å². The lowest BCUT2D eigenvalue weighted by Crippen LogP contribution is -2.53. The van der Waals surface area contributed by atoms with Crippen LogP contribution in [0, 0.1) is 5.82 Å². The minimum absolute atomic E-state index is 0.284. The predicted molar refractivity (Wildman–Crippen MR) is 128 cm³/mol. The van der Waals surface area contributed by atoms with Gasteiger partial charge in [0.05, 0.1) is 28.8 Å². The molecule has 7 nitrogen and oxygen atoms in total. The van der Waals surface area contributed by atoms with E-state index >= 15 is 0 Å². The van der Waals surface area contributed by atoms with Gasteiger partial charge >= 0.3 is 0 Å². The molecule has 4 aromatic rings. The maximum absolute atomic E-state index is 13.5. The van der Waals surface area contributed by atoms with Gasteiger partial charge in [0.2, 0.25) is 0 Å². The van der Waals surface area contributed by atoms with Gasteiger partial charge < -0.3 is 14.6 Å². The van der Waals surface area contributed by atoms with Gasteiger partial charge in [0, 0.05) is 43.3 Å². The van der Waals surface area contributed by atoms with E-state index in [1.54, 1.807) is 6.07 Å². The molecule has 2 fully saturated rings. The van der Waals surface area contributed by atoms with Crippen molar-refractivity contribution in [2.45, 2.75) is 44.9 Å². The van der Waals surface area contributed by atoms with Crippen molar-refractivity contribution in [1.29, 1.82) is 0 Å². The Morgan fingerprint density at radius 3 is 2.58 bits per heavy atom. The molecule has 0 unspecified atom stereocenters. The summed E-state index contributed by atoms with van der Waals surface area (Å²) < 4.78 is 19.4. The number of hydrogen-bond acceptors (Lipinski definition) is 5. The Hall–Kier alpha value is -2.97. The minimum atomic E-state index is -0.284. The van der Waals surface area contributed by atoms with Gasteiger partial charge in [0.1, 0.15) is 11.5 Å². The molecule has 2 aliphatic rings. The second-order valence-electron chi connectivity index (χ2n) is 9.48. The van der Waals surface area contributed by atoms with E-state index in [1.807, 2.05) is 0 Å². The highest BCUT2D eigenvalue weighted by molar-refractivity contribution is 5.93. The van der Waals surface area contributed by atoms with Gasteiger partial charge in [-0.3, -0.25) is 10.00 Å². The fourth-order valence-corrected chi connectivity index (χ4v) is 5.48. The van der Waals surface area contributed by atoms with E-state index < -0.39 is 0 Å². The Balaban J connectivity index is 1.20. The molecule has 0 saturated carbocycles. The van der Waals surface area contributed by atoms with Gasteiger partial charge in [-0.25, -0.2) is 9.37 Å². The third-order valence-electron chi connectivity index (χ3n) is 7.01. The number of rotatable bonds is 3. The Kier molecular flexibility index (Phi) is 5.07. The van der Waals surface area contributed by atoms with Gasteiger partial charge in [-0.05, 0) is 63.1 Å². The summed E-state index contributed by atoms with van der Waals surface area (Å²) in [4.78, 5) is 13.2. The molecule has 6 rings (SSSR count). The summed E-state index contributed by atoms with van der Waals surface area (Å²) in [5.74, 6) is 0.405. The number of anilines is 1. The zero-order chi connectivity index (χ0) is 22.5. The molecule has 172 valence electrons. The quantitative estimate of drug-likeness (QED) is 0.488. The molecule has 0 spiro atoms. The molecule has 0 radical (unpaired) electrons. The molecule has 8 heteroatoms. The first kappa shape index (κ1) is 20.6. The highest BCUT2D eigenvalue weighted by Gasteiger charge is 2.30. The van der Waals surface area contributed by atoms with E-state index in [0.29, 0.717) is 35.3 Å². The predicted octanol–water partition coefficient (Wildman–Crippen LogP) is 4.32. The van der Waals surface area contributed by atoms with Gasteiger partial charge in [-0.15, -0.1) is 0 Å². The van der Waals surface area contributed by atoms with E-state index in [-0.39, 0.29) is 5.82 Å². The Morgan fingerprint density at radius 2 is 1.79 bits per heavy atom. The summed E-state index contributed by atoms with van der Waals surface area (Å²) in [7, 11) is 0. The van der Waals surface area contributed by atoms with Crippen LogP contribution in [0.4, 0.5) is 10.1 Å². The summed E-state index contributed by atoms with van der Waals surface area (Å²) in [5.41, 5.74) is 4.47. The van der Waals surface area contributed by atoms with Crippen LogP contribution in [0.15, 0.2) is 36.4 Å². The zero-order valence-corrected chi connectivity index (χ0v) is 19.0. The van der Waals surface area contributed by atoms with Gasteiger partial charge in [0.25, 0.3) is 0 Å². The SMILES string of the molecule is C[C@@H]1CN(C2CCN(c3ccc4nc(-c5n[nH]c6cc(F)ccc56)[nH]c4c3)CC2)C[C@H](C)O1. The van der Waals surface area contributed by atoms with Crippen LogP contribution >= 0.6 is 0 Å². The van der Waals surface area contributed by atoms with Gasteiger partial charge in [-0.1, -0.05) is 0 Å². The topological polar surface area (TPSA) is 73.1 Å². The smallest absolute Gasteiger partial charge is 0.159 e. The summed E-state index contributed by atoms with van der Waals surface area (Å²) in [6.07, 6.45) is 2.96. The van der Waals surface area contributed by atoms with Crippen LogP contribution in [0.25, 0.3) is 33.5 Å². The molecule has 0 bridgehead atoms. The second-order valence-corrected chi connectivity index (χ2v) is 9.48. The van der Waals surface area contributed by atoms with Crippen molar-refractivity contribution in [1.82, 2.24) is 25.1 Å². The Bertz CT molecular complexity index is 1280. The molecule has 4 heterocycles. The highest BCUT2D eigenvalue weighted by Crippen LogP contribution is 2.30. The second kappa shape index (κ2) is 8.11. The summed E-state index contributed by atoms with van der Waals surface area (Å²) in [6.45, 7) is 8.52. The molecule has 2 aromatic heterocycles. The number of nitrogens with one attached hydrogen (secondary N) is 2. The Morgan fingerprint density at radius 1 is 1.00 bits per heavy atom. The van der Waals surface area contributed by atoms with E-state index in [0.717, 1.165) is 42.6 Å². The number of benzene rings is 2. The number of imidazole rings is 1. The minimum Gasteiger partial charge on any atom is -0.373 e. The number of morpholine rings is 1. The largest absolute Gasteiger partial charge is 0.373 e. The number of aromatic nitrogens is 4. The number of ether oxygens (including phenoxy) is 1. The molecule has 33 heavy (non-hydrogen) atoms. The van der Waals surface area contributed by atoms with E-state index in [9.17, 15) is 4.39 Å². The first-order valence-corrected chi connectivity index (χ1v) is 11.8. The highest BCUT2D eigenvalue weighted by atomic mass is 19.1. The van der Waals surface area contributed by atoms with E-state index in [1.165, 1.54) is 30.7 Å². The molecule has 2 aliphatic heterocycles. The molecule has 2 saturated heterocycles. The van der Waals surface area contributed by atoms with Crippen molar-refractivity contribution in [3.63, 3.8) is 0 Å². The van der Waals surface area contributed by atoms with Crippen molar-refractivity contribution in [2.24, 2.45) is 0 Å². The lowest BCUT2D eigenvalue weighted by molar-refractivity contribution is -0.0826. The average Bonchev–Trinajstić information content (AvgIpc) is 3.41. The van der Waals surface area contributed by atoms with Crippen LogP contribution in [0.1, 0.15) is 26.7 Å². The van der Waals surface area contributed by atoms with Crippen LogP contribution < -0.4 is 4.90 Å². The first-order valence-electron chi connectivity index (χ1n) is 11.8. The number of nitrogens with zero attached hydrogens (tertiary/aromatic N) is 4. The van der Waals surface area contributed by atoms with Crippen molar-refractivity contribution in [3.8, 4) is 11.5 Å². The monoisotopic (exact) mass is 448 g/mol. The molecule has 2 N–H and O–H groups in total. The van der Waals surface area contributed by atoms with Crippen molar-refractivity contribution < 1.29 is 9.13 Å². The molecular weight excluding hydrogens is 419 g/mol.